The molecule has 3 aromatic rings. The molecule has 0 radical (unpaired) electrons. The molecule has 4 rings (SSSR count). The molecular weight excluding hydrogens is 432 g/mol. The van der Waals surface area contributed by atoms with Crippen LogP contribution in [0.25, 0.3) is 11.3 Å². The Morgan fingerprint density at radius 1 is 1.18 bits per heavy atom. The van der Waals surface area contributed by atoms with Crippen molar-refractivity contribution in [3.63, 3.8) is 0 Å². The molecule has 0 bridgehead atoms. The zero-order valence-corrected chi connectivity index (χ0v) is 20.2. The van der Waals surface area contributed by atoms with Crippen molar-refractivity contribution in [2.45, 2.75) is 59.2 Å². The maximum Gasteiger partial charge on any atom is 0.302 e. The van der Waals surface area contributed by atoms with Crippen LogP contribution in [0.15, 0.2) is 41.2 Å². The number of nitrogens with zero attached hydrogens (tertiary/aromatic N) is 3. The highest BCUT2D eigenvalue weighted by atomic mass is 16.5. The van der Waals surface area contributed by atoms with Crippen molar-refractivity contribution in [2.75, 3.05) is 12.4 Å². The molecule has 2 atom stereocenters. The van der Waals surface area contributed by atoms with E-state index in [9.17, 15) is 9.59 Å². The number of carbonyl (C=O) groups excluding carboxylic acids is 1. The third-order valence-corrected chi connectivity index (χ3v) is 6.21. The molecule has 0 saturated carbocycles. The van der Waals surface area contributed by atoms with Crippen LogP contribution >= 0.6 is 0 Å². The Hall–Kier alpha value is -3.68. The summed E-state index contributed by atoms with van der Waals surface area (Å²) in [7, 11) is 1.56. The maximum atomic E-state index is 13.6. The lowest BCUT2D eigenvalue weighted by Gasteiger charge is -2.26. The molecule has 8 heteroatoms. The second kappa shape index (κ2) is 9.67. The van der Waals surface area contributed by atoms with Crippen LogP contribution in [0.3, 0.4) is 0 Å². The van der Waals surface area contributed by atoms with Crippen molar-refractivity contribution in [3.8, 4) is 17.1 Å². The molecule has 0 unspecified atom stereocenters. The van der Waals surface area contributed by atoms with E-state index in [1.54, 1.807) is 17.7 Å². The van der Waals surface area contributed by atoms with Crippen LogP contribution in [0.5, 0.6) is 5.88 Å². The molecule has 178 valence electrons. The van der Waals surface area contributed by atoms with Crippen LogP contribution in [0.2, 0.25) is 0 Å². The Morgan fingerprint density at radius 3 is 2.59 bits per heavy atom. The van der Waals surface area contributed by atoms with Crippen molar-refractivity contribution in [2.24, 2.45) is 0 Å². The van der Waals surface area contributed by atoms with Crippen LogP contribution in [0.1, 0.15) is 49.3 Å². The highest BCUT2D eigenvalue weighted by molar-refractivity contribution is 5.67. The van der Waals surface area contributed by atoms with E-state index in [-0.39, 0.29) is 23.7 Å². The SMILES string of the molecule is CCc1nc(-c2ccc(OC)nc2C)c(=O)n(CC)c1N[C@H]1c2ccccc2C[C@@H]1OC(C)=O. The topological polar surface area (TPSA) is 95.3 Å². The summed E-state index contributed by atoms with van der Waals surface area (Å²) in [5, 5.41) is 3.53. The number of carbonyl (C=O) groups is 1. The van der Waals surface area contributed by atoms with Gasteiger partial charge in [0.05, 0.1) is 24.5 Å². The van der Waals surface area contributed by atoms with Crippen molar-refractivity contribution in [1.29, 1.82) is 0 Å². The number of benzene rings is 1. The summed E-state index contributed by atoms with van der Waals surface area (Å²) in [6.45, 7) is 7.65. The van der Waals surface area contributed by atoms with Gasteiger partial charge in [0.1, 0.15) is 17.6 Å². The van der Waals surface area contributed by atoms with Crippen LogP contribution in [-0.2, 0) is 28.9 Å². The van der Waals surface area contributed by atoms with Crippen molar-refractivity contribution >= 4 is 11.8 Å². The molecule has 0 amide bonds. The number of ether oxygens (including phenoxy) is 2. The Bertz CT molecular complexity index is 1280. The third kappa shape index (κ3) is 4.27. The molecule has 1 aliphatic rings. The minimum Gasteiger partial charge on any atom is -0.481 e. The highest BCUT2D eigenvalue weighted by Gasteiger charge is 2.36. The minimum atomic E-state index is -0.368. The summed E-state index contributed by atoms with van der Waals surface area (Å²) in [5.74, 6) is 0.809. The fraction of sp³-hybridized carbons (Fsp3) is 0.385. The molecule has 1 aliphatic carbocycles. The van der Waals surface area contributed by atoms with Crippen molar-refractivity contribution in [1.82, 2.24) is 14.5 Å². The number of methoxy groups -OCH3 is 1. The van der Waals surface area contributed by atoms with Gasteiger partial charge in [0, 0.05) is 31.5 Å². The summed E-state index contributed by atoms with van der Waals surface area (Å²) in [5.41, 5.74) is 4.46. The van der Waals surface area contributed by atoms with Gasteiger partial charge >= 0.3 is 5.97 Å². The number of aromatic nitrogens is 3. The van der Waals surface area contributed by atoms with E-state index in [0.717, 1.165) is 16.8 Å². The van der Waals surface area contributed by atoms with E-state index in [4.69, 9.17) is 14.5 Å². The summed E-state index contributed by atoms with van der Waals surface area (Å²) in [4.78, 5) is 34.6. The monoisotopic (exact) mass is 462 g/mol. The minimum absolute atomic E-state index is 0.201. The molecule has 34 heavy (non-hydrogen) atoms. The number of aryl methyl sites for hydroxylation is 2. The first-order valence-corrected chi connectivity index (χ1v) is 11.5. The van der Waals surface area contributed by atoms with Gasteiger partial charge in [0.15, 0.2) is 0 Å². The van der Waals surface area contributed by atoms with E-state index >= 15 is 0 Å². The number of esters is 1. The Labute approximate surface area is 199 Å². The predicted molar refractivity (Wildman–Crippen MR) is 130 cm³/mol. The number of pyridine rings is 1. The van der Waals surface area contributed by atoms with Crippen LogP contribution in [0, 0.1) is 6.92 Å². The molecule has 0 spiro atoms. The van der Waals surface area contributed by atoms with E-state index < -0.39 is 0 Å². The fourth-order valence-corrected chi connectivity index (χ4v) is 4.61. The average molecular weight is 463 g/mol. The van der Waals surface area contributed by atoms with Gasteiger partial charge in [-0.05, 0) is 37.5 Å². The zero-order valence-electron chi connectivity index (χ0n) is 20.2. The lowest BCUT2D eigenvalue weighted by atomic mass is 10.1. The molecular formula is C26H30N4O4. The van der Waals surface area contributed by atoms with Crippen molar-refractivity contribution < 1.29 is 14.3 Å². The number of anilines is 1. The maximum absolute atomic E-state index is 13.6. The molecule has 1 aromatic carbocycles. The lowest BCUT2D eigenvalue weighted by molar-refractivity contribution is -0.146. The number of hydrogen-bond acceptors (Lipinski definition) is 7. The van der Waals surface area contributed by atoms with E-state index in [2.05, 4.69) is 10.3 Å². The van der Waals surface area contributed by atoms with Crippen LogP contribution < -0.4 is 15.6 Å². The first-order valence-electron chi connectivity index (χ1n) is 11.5. The number of nitrogens with one attached hydrogen (secondary N) is 1. The lowest BCUT2D eigenvalue weighted by Crippen LogP contribution is -2.32. The van der Waals surface area contributed by atoms with Gasteiger partial charge in [-0.25, -0.2) is 9.97 Å². The van der Waals surface area contributed by atoms with Gasteiger partial charge < -0.3 is 14.8 Å². The van der Waals surface area contributed by atoms with Gasteiger partial charge in [-0.15, -0.1) is 0 Å². The molecule has 2 aromatic heterocycles. The molecule has 0 aliphatic heterocycles. The molecule has 0 fully saturated rings. The first-order chi connectivity index (χ1) is 16.4. The summed E-state index contributed by atoms with van der Waals surface area (Å²) in [6.07, 6.45) is 0.867. The highest BCUT2D eigenvalue weighted by Crippen LogP contribution is 2.37. The van der Waals surface area contributed by atoms with Gasteiger partial charge in [-0.1, -0.05) is 31.2 Å². The zero-order chi connectivity index (χ0) is 24.4. The van der Waals surface area contributed by atoms with E-state index in [1.165, 1.54) is 6.92 Å². The normalized spacial score (nSPS) is 16.7. The molecule has 1 N–H and O–H groups in total. The van der Waals surface area contributed by atoms with Gasteiger partial charge in [0.2, 0.25) is 5.88 Å². The quantitative estimate of drug-likeness (QED) is 0.533. The third-order valence-electron chi connectivity index (χ3n) is 6.21. The molecule has 2 heterocycles. The van der Waals surface area contributed by atoms with Crippen LogP contribution in [-0.4, -0.2) is 33.7 Å². The van der Waals surface area contributed by atoms with Crippen molar-refractivity contribution in [3.05, 3.63) is 69.3 Å². The summed E-state index contributed by atoms with van der Waals surface area (Å²) in [6, 6.07) is 11.3. The van der Waals surface area contributed by atoms with Gasteiger partial charge in [0.25, 0.3) is 5.56 Å². The second-order valence-corrected chi connectivity index (χ2v) is 8.32. The van der Waals surface area contributed by atoms with Gasteiger partial charge in [-0.2, -0.15) is 0 Å². The Kier molecular flexibility index (Phi) is 6.68. The molecule has 8 nitrogen and oxygen atoms in total. The summed E-state index contributed by atoms with van der Waals surface area (Å²) < 4.78 is 12.6. The Balaban J connectivity index is 1.82. The second-order valence-electron chi connectivity index (χ2n) is 8.32. The predicted octanol–water partition coefficient (Wildman–Crippen LogP) is 3.85. The first kappa shape index (κ1) is 23.5. The van der Waals surface area contributed by atoms with E-state index in [1.807, 2.05) is 51.1 Å². The van der Waals surface area contributed by atoms with Gasteiger partial charge in [-0.3, -0.25) is 14.2 Å². The fourth-order valence-electron chi connectivity index (χ4n) is 4.61. The molecule has 0 saturated heterocycles. The largest absolute Gasteiger partial charge is 0.481 e. The number of fused-ring (bicyclic) bond motifs is 1. The van der Waals surface area contributed by atoms with Crippen LogP contribution in [0.4, 0.5) is 5.82 Å². The summed E-state index contributed by atoms with van der Waals surface area (Å²) >= 11 is 0. The number of rotatable bonds is 7. The smallest absolute Gasteiger partial charge is 0.302 e. The number of hydrogen-bond donors (Lipinski definition) is 1. The average Bonchev–Trinajstić information content (AvgIpc) is 3.16. The Morgan fingerprint density at radius 2 is 1.94 bits per heavy atom. The standard InChI is InChI=1S/C26H30N4O4/c1-6-20-25(29-23-19-11-9-8-10-17(19)14-21(23)34-16(4)31)30(7-2)26(32)24(28-20)18-12-13-22(33-5)27-15(18)3/h8-13,21,23,29H,6-7,14H2,1-5H3/t21-,23-/m0/s1. The van der Waals surface area contributed by atoms with E-state index in [0.29, 0.717) is 48.0 Å².